The molecule has 0 bridgehead atoms. The van der Waals surface area contributed by atoms with E-state index < -0.39 is 28.5 Å². The quantitative estimate of drug-likeness (QED) is 0.508. The highest BCUT2D eigenvalue weighted by Gasteiger charge is 2.12. The molecule has 0 saturated carbocycles. The van der Waals surface area contributed by atoms with Crippen molar-refractivity contribution in [2.45, 2.75) is 24.7 Å². The SMILES string of the molecule is CC(=O)c1ccccc1NC(=O)COC(=O)CCc1ccc(S(N)(=O)=O)cc1. The average Bonchev–Trinajstić information content (AvgIpc) is 2.64. The second-order valence-corrected chi connectivity index (χ2v) is 7.56. The Hall–Kier alpha value is -3.04. The molecule has 0 saturated heterocycles. The molecule has 28 heavy (non-hydrogen) atoms. The number of carbonyl (C=O) groups is 3. The van der Waals surface area contributed by atoms with Gasteiger partial charge >= 0.3 is 5.97 Å². The number of hydrogen-bond donors (Lipinski definition) is 2. The summed E-state index contributed by atoms with van der Waals surface area (Å²) in [6, 6.07) is 12.4. The number of aryl methyl sites for hydroxylation is 1. The number of sulfonamides is 1. The Bertz CT molecular complexity index is 984. The van der Waals surface area contributed by atoms with Gasteiger partial charge in [-0.15, -0.1) is 0 Å². The number of primary sulfonamides is 1. The summed E-state index contributed by atoms with van der Waals surface area (Å²) < 4.78 is 27.3. The molecule has 1 amide bonds. The molecule has 0 radical (unpaired) electrons. The second kappa shape index (κ2) is 9.25. The zero-order valence-electron chi connectivity index (χ0n) is 15.2. The van der Waals surface area contributed by atoms with Crippen LogP contribution in [0.1, 0.15) is 29.3 Å². The fraction of sp³-hybridized carbons (Fsp3) is 0.211. The van der Waals surface area contributed by atoms with E-state index in [2.05, 4.69) is 5.32 Å². The molecule has 8 nitrogen and oxygen atoms in total. The van der Waals surface area contributed by atoms with Crippen LogP contribution < -0.4 is 10.5 Å². The first-order valence-electron chi connectivity index (χ1n) is 8.34. The van der Waals surface area contributed by atoms with Crippen molar-refractivity contribution in [3.05, 3.63) is 59.7 Å². The molecular formula is C19H20N2O6S. The number of nitrogens with two attached hydrogens (primary N) is 1. The number of rotatable bonds is 8. The van der Waals surface area contributed by atoms with Crippen LogP contribution in [0.5, 0.6) is 0 Å². The van der Waals surface area contributed by atoms with E-state index in [-0.39, 0.29) is 17.1 Å². The Morgan fingerprint density at radius 1 is 1.04 bits per heavy atom. The maximum absolute atomic E-state index is 11.9. The van der Waals surface area contributed by atoms with Gasteiger partial charge < -0.3 is 10.1 Å². The zero-order chi connectivity index (χ0) is 20.7. The molecule has 0 heterocycles. The van der Waals surface area contributed by atoms with E-state index in [9.17, 15) is 22.8 Å². The van der Waals surface area contributed by atoms with Gasteiger partial charge in [-0.2, -0.15) is 0 Å². The molecule has 0 fully saturated rings. The number of Topliss-reactive ketones (excluding diaryl/α,β-unsaturated/α-hetero) is 1. The number of carbonyl (C=O) groups excluding carboxylic acids is 3. The first kappa shape index (κ1) is 21.3. The Labute approximate surface area is 162 Å². The molecule has 148 valence electrons. The van der Waals surface area contributed by atoms with Crippen LogP contribution in [0.4, 0.5) is 5.69 Å². The third kappa shape index (κ3) is 6.29. The van der Waals surface area contributed by atoms with Gasteiger partial charge in [-0.05, 0) is 43.2 Å². The van der Waals surface area contributed by atoms with Gasteiger partial charge in [0.05, 0.1) is 10.6 Å². The monoisotopic (exact) mass is 404 g/mol. The summed E-state index contributed by atoms with van der Waals surface area (Å²) in [6.07, 6.45) is 0.338. The van der Waals surface area contributed by atoms with Crippen LogP contribution in [0.15, 0.2) is 53.4 Å². The van der Waals surface area contributed by atoms with Crippen molar-refractivity contribution >= 4 is 33.4 Å². The summed E-state index contributed by atoms with van der Waals surface area (Å²) in [5.74, 6) is -1.33. The molecule has 2 aromatic rings. The van der Waals surface area contributed by atoms with Crippen molar-refractivity contribution in [2.24, 2.45) is 5.14 Å². The van der Waals surface area contributed by atoms with Crippen LogP contribution in [0.25, 0.3) is 0 Å². The van der Waals surface area contributed by atoms with Gasteiger partial charge in [-0.25, -0.2) is 13.6 Å². The van der Waals surface area contributed by atoms with E-state index in [1.165, 1.54) is 19.1 Å². The highest BCUT2D eigenvalue weighted by molar-refractivity contribution is 7.89. The summed E-state index contributed by atoms with van der Waals surface area (Å²) in [5, 5.41) is 7.56. The number of hydrogen-bond acceptors (Lipinski definition) is 6. The van der Waals surface area contributed by atoms with Gasteiger partial charge in [-0.3, -0.25) is 14.4 Å². The van der Waals surface area contributed by atoms with E-state index in [0.717, 1.165) is 5.56 Å². The van der Waals surface area contributed by atoms with Crippen LogP contribution in [-0.4, -0.2) is 32.7 Å². The number of ether oxygens (including phenoxy) is 1. The second-order valence-electron chi connectivity index (χ2n) is 6.00. The summed E-state index contributed by atoms with van der Waals surface area (Å²) in [5.41, 5.74) is 1.44. The third-order valence-electron chi connectivity index (χ3n) is 3.81. The number of benzene rings is 2. The minimum Gasteiger partial charge on any atom is -0.456 e. The highest BCUT2D eigenvalue weighted by atomic mass is 32.2. The van der Waals surface area contributed by atoms with E-state index >= 15 is 0 Å². The summed E-state index contributed by atoms with van der Waals surface area (Å²) >= 11 is 0. The lowest BCUT2D eigenvalue weighted by molar-refractivity contribution is -0.147. The normalized spacial score (nSPS) is 10.9. The number of esters is 1. The van der Waals surface area contributed by atoms with Crippen LogP contribution in [0, 0.1) is 0 Å². The fourth-order valence-corrected chi connectivity index (χ4v) is 2.91. The third-order valence-corrected chi connectivity index (χ3v) is 4.74. The average molecular weight is 404 g/mol. The number of amides is 1. The summed E-state index contributed by atoms with van der Waals surface area (Å²) in [7, 11) is -3.76. The molecule has 0 spiro atoms. The number of anilines is 1. The van der Waals surface area contributed by atoms with Crippen molar-refractivity contribution in [3.63, 3.8) is 0 Å². The van der Waals surface area contributed by atoms with E-state index in [0.29, 0.717) is 17.7 Å². The lowest BCUT2D eigenvalue weighted by Crippen LogP contribution is -2.22. The molecule has 2 rings (SSSR count). The lowest BCUT2D eigenvalue weighted by Gasteiger charge is -2.09. The van der Waals surface area contributed by atoms with Crippen LogP contribution in [0.2, 0.25) is 0 Å². The molecule has 0 unspecified atom stereocenters. The van der Waals surface area contributed by atoms with Gasteiger partial charge in [-0.1, -0.05) is 24.3 Å². The molecule has 2 aromatic carbocycles. The maximum atomic E-state index is 11.9. The molecule has 0 atom stereocenters. The molecule has 0 aliphatic rings. The van der Waals surface area contributed by atoms with Gasteiger partial charge in [0.25, 0.3) is 5.91 Å². The molecule has 0 aromatic heterocycles. The molecule has 3 N–H and O–H groups in total. The standard InChI is InChI=1S/C19H20N2O6S/c1-13(22)16-4-2-3-5-17(16)21-18(23)12-27-19(24)11-8-14-6-9-15(10-7-14)28(20,25)26/h2-7,9-10H,8,11-12H2,1H3,(H,21,23)(H2,20,25,26). The van der Waals surface area contributed by atoms with Crippen molar-refractivity contribution < 1.29 is 27.5 Å². The smallest absolute Gasteiger partial charge is 0.306 e. The minimum atomic E-state index is -3.76. The maximum Gasteiger partial charge on any atom is 0.306 e. The van der Waals surface area contributed by atoms with Crippen molar-refractivity contribution in [3.8, 4) is 0 Å². The molecular weight excluding hydrogens is 384 g/mol. The van der Waals surface area contributed by atoms with Gasteiger partial charge in [0.2, 0.25) is 10.0 Å². The summed E-state index contributed by atoms with van der Waals surface area (Å²) in [4.78, 5) is 35.3. The number of nitrogens with one attached hydrogen (secondary N) is 1. The Morgan fingerprint density at radius 3 is 2.29 bits per heavy atom. The predicted octanol–water partition coefficient (Wildman–Crippen LogP) is 1.65. The molecule has 0 aliphatic heterocycles. The van der Waals surface area contributed by atoms with E-state index in [4.69, 9.17) is 9.88 Å². The van der Waals surface area contributed by atoms with E-state index in [1.54, 1.807) is 36.4 Å². The Morgan fingerprint density at radius 2 is 1.68 bits per heavy atom. The highest BCUT2D eigenvalue weighted by Crippen LogP contribution is 2.15. The fourth-order valence-electron chi connectivity index (χ4n) is 2.40. The van der Waals surface area contributed by atoms with Crippen LogP contribution in [0.3, 0.4) is 0 Å². The Balaban J connectivity index is 1.81. The Kier molecular flexibility index (Phi) is 7.02. The minimum absolute atomic E-state index is 0.0126. The predicted molar refractivity (Wildman–Crippen MR) is 102 cm³/mol. The van der Waals surface area contributed by atoms with Crippen molar-refractivity contribution in [1.82, 2.24) is 0 Å². The van der Waals surface area contributed by atoms with Crippen LogP contribution in [-0.2, 0) is 30.8 Å². The van der Waals surface area contributed by atoms with Gasteiger partial charge in [0.1, 0.15) is 0 Å². The first-order valence-corrected chi connectivity index (χ1v) is 9.88. The van der Waals surface area contributed by atoms with Gasteiger partial charge in [0.15, 0.2) is 12.4 Å². The molecule has 0 aliphatic carbocycles. The number of para-hydroxylation sites is 1. The zero-order valence-corrected chi connectivity index (χ0v) is 16.0. The summed E-state index contributed by atoms with van der Waals surface area (Å²) in [6.45, 7) is 0.913. The lowest BCUT2D eigenvalue weighted by atomic mass is 10.1. The van der Waals surface area contributed by atoms with Crippen molar-refractivity contribution in [2.75, 3.05) is 11.9 Å². The largest absolute Gasteiger partial charge is 0.456 e. The van der Waals surface area contributed by atoms with Gasteiger partial charge in [0, 0.05) is 12.0 Å². The number of ketones is 1. The van der Waals surface area contributed by atoms with Crippen molar-refractivity contribution in [1.29, 1.82) is 0 Å². The van der Waals surface area contributed by atoms with E-state index in [1.807, 2.05) is 0 Å². The first-order chi connectivity index (χ1) is 13.2. The van der Waals surface area contributed by atoms with Crippen LogP contribution >= 0.6 is 0 Å². The topological polar surface area (TPSA) is 133 Å². The molecule has 9 heteroatoms.